The fraction of sp³-hybridized carbons (Fsp3) is 0.917. The van der Waals surface area contributed by atoms with E-state index in [0.29, 0.717) is 6.42 Å². The summed E-state index contributed by atoms with van der Waals surface area (Å²) >= 11 is 0. The van der Waals surface area contributed by atoms with Crippen LogP contribution in [0, 0.1) is 5.92 Å². The molecule has 0 saturated heterocycles. The van der Waals surface area contributed by atoms with Gasteiger partial charge in [-0.1, -0.05) is 33.1 Å². The number of hydrogen-bond acceptors (Lipinski definition) is 3. The van der Waals surface area contributed by atoms with Crippen molar-refractivity contribution in [3.63, 3.8) is 0 Å². The average Bonchev–Trinajstić information content (AvgIpc) is 2.23. The predicted octanol–water partition coefficient (Wildman–Crippen LogP) is 3.67. The van der Waals surface area contributed by atoms with Crippen LogP contribution in [0.4, 0.5) is 13.2 Å². The summed E-state index contributed by atoms with van der Waals surface area (Å²) in [6.45, 7) is 4.60. The Morgan fingerprint density at radius 1 is 1.22 bits per heavy atom. The van der Waals surface area contributed by atoms with Crippen LogP contribution in [-0.2, 0) is 14.3 Å². The monoisotopic (exact) mass is 270 g/mol. The fourth-order valence-electron chi connectivity index (χ4n) is 1.42. The summed E-state index contributed by atoms with van der Waals surface area (Å²) in [7, 11) is 0. The Bertz CT molecular complexity index is 241. The molecule has 108 valence electrons. The number of ether oxygens (including phenoxy) is 2. The van der Waals surface area contributed by atoms with Gasteiger partial charge in [-0.2, -0.15) is 0 Å². The summed E-state index contributed by atoms with van der Waals surface area (Å²) in [5, 5.41) is 0. The Hall–Kier alpha value is -0.780. The number of hydrogen-bond donors (Lipinski definition) is 0. The van der Waals surface area contributed by atoms with Crippen LogP contribution >= 0.6 is 0 Å². The van der Waals surface area contributed by atoms with Gasteiger partial charge in [-0.05, 0) is 13.3 Å². The van der Waals surface area contributed by atoms with Crippen molar-refractivity contribution in [1.29, 1.82) is 0 Å². The van der Waals surface area contributed by atoms with Crippen LogP contribution in [-0.4, -0.2) is 25.0 Å². The molecular formula is C12H21F3O3. The molecule has 0 bridgehead atoms. The third-order valence-corrected chi connectivity index (χ3v) is 2.44. The molecule has 0 spiro atoms. The number of esters is 1. The molecule has 0 aliphatic heterocycles. The maximum Gasteiger partial charge on any atom is 0.522 e. The van der Waals surface area contributed by atoms with Crippen LogP contribution in [0.25, 0.3) is 0 Å². The first-order valence-electron chi connectivity index (χ1n) is 6.17. The van der Waals surface area contributed by atoms with Crippen LogP contribution in [0.3, 0.4) is 0 Å². The zero-order valence-corrected chi connectivity index (χ0v) is 11.0. The second-order valence-electron chi connectivity index (χ2n) is 4.40. The second kappa shape index (κ2) is 8.34. The third kappa shape index (κ3) is 9.27. The van der Waals surface area contributed by atoms with E-state index in [-0.39, 0.29) is 12.5 Å². The van der Waals surface area contributed by atoms with Gasteiger partial charge in [0.05, 0.1) is 12.0 Å². The number of unbranched alkanes of at least 4 members (excludes halogenated alkanes) is 2. The van der Waals surface area contributed by atoms with Gasteiger partial charge >= 0.3 is 12.3 Å². The molecule has 0 aliphatic carbocycles. The van der Waals surface area contributed by atoms with Crippen molar-refractivity contribution in [1.82, 2.24) is 0 Å². The van der Waals surface area contributed by atoms with Gasteiger partial charge in [-0.25, -0.2) is 0 Å². The van der Waals surface area contributed by atoms with Gasteiger partial charge in [0.25, 0.3) is 0 Å². The molecule has 0 heterocycles. The highest BCUT2D eigenvalue weighted by Crippen LogP contribution is 2.19. The van der Waals surface area contributed by atoms with Crippen LogP contribution < -0.4 is 0 Å². The van der Waals surface area contributed by atoms with Crippen molar-refractivity contribution >= 4 is 5.97 Å². The first-order valence-corrected chi connectivity index (χ1v) is 6.17. The molecule has 0 aliphatic rings. The summed E-state index contributed by atoms with van der Waals surface area (Å²) in [4.78, 5) is 11.4. The third-order valence-electron chi connectivity index (χ3n) is 2.44. The van der Waals surface area contributed by atoms with Gasteiger partial charge < -0.3 is 4.74 Å². The number of carbonyl (C=O) groups is 1. The Kier molecular flexibility index (Phi) is 7.98. The lowest BCUT2D eigenvalue weighted by Crippen LogP contribution is -2.27. The maximum absolute atomic E-state index is 11.8. The number of rotatable bonds is 8. The zero-order chi connectivity index (χ0) is 14.2. The Morgan fingerprint density at radius 3 is 2.33 bits per heavy atom. The van der Waals surface area contributed by atoms with Crippen molar-refractivity contribution in [2.45, 2.75) is 58.9 Å². The average molecular weight is 270 g/mol. The van der Waals surface area contributed by atoms with Crippen molar-refractivity contribution in [2.24, 2.45) is 5.92 Å². The van der Waals surface area contributed by atoms with Gasteiger partial charge in [0, 0.05) is 0 Å². The lowest BCUT2D eigenvalue weighted by molar-refractivity contribution is -0.343. The highest BCUT2D eigenvalue weighted by Gasteiger charge is 2.32. The lowest BCUT2D eigenvalue weighted by atomic mass is 10.0. The normalized spacial score (nSPS) is 15.2. The molecule has 0 aromatic carbocycles. The molecule has 0 radical (unpaired) electrons. The van der Waals surface area contributed by atoms with E-state index in [1.54, 1.807) is 6.92 Å². The van der Waals surface area contributed by atoms with E-state index in [0.717, 1.165) is 19.3 Å². The van der Waals surface area contributed by atoms with E-state index < -0.39 is 18.4 Å². The quantitative estimate of drug-likeness (QED) is 0.498. The van der Waals surface area contributed by atoms with Gasteiger partial charge in [0.15, 0.2) is 0 Å². The summed E-state index contributed by atoms with van der Waals surface area (Å²) in [6.07, 6.45) is -2.18. The van der Waals surface area contributed by atoms with E-state index in [1.165, 1.54) is 6.92 Å². The molecule has 0 saturated carbocycles. The molecule has 0 N–H and O–H groups in total. The Morgan fingerprint density at radius 2 is 1.83 bits per heavy atom. The number of halogens is 3. The van der Waals surface area contributed by atoms with Crippen LogP contribution in [0.15, 0.2) is 0 Å². The van der Waals surface area contributed by atoms with Gasteiger partial charge in [0.1, 0.15) is 6.61 Å². The molecule has 3 nitrogen and oxygen atoms in total. The predicted molar refractivity (Wildman–Crippen MR) is 60.9 cm³/mol. The standard InChI is InChI=1S/C12H21F3O3/c1-4-5-6-7-9(2)11(16)17-8-10(3)18-12(13,14)15/h9-10H,4-8H2,1-3H3. The fourth-order valence-corrected chi connectivity index (χ4v) is 1.42. The largest absolute Gasteiger partial charge is 0.522 e. The molecule has 0 aromatic rings. The molecule has 0 amide bonds. The molecule has 18 heavy (non-hydrogen) atoms. The minimum Gasteiger partial charge on any atom is -0.463 e. The summed E-state index contributed by atoms with van der Waals surface area (Å²) in [6, 6.07) is 0. The number of alkyl halides is 3. The van der Waals surface area contributed by atoms with E-state index in [9.17, 15) is 18.0 Å². The SMILES string of the molecule is CCCCCC(C)C(=O)OCC(C)OC(F)(F)F. The maximum atomic E-state index is 11.8. The van der Waals surface area contributed by atoms with Crippen LogP contribution in [0.5, 0.6) is 0 Å². The summed E-state index contributed by atoms with van der Waals surface area (Å²) < 4.78 is 44.0. The minimum absolute atomic E-state index is 0.283. The molecule has 6 heteroatoms. The summed E-state index contributed by atoms with van der Waals surface area (Å²) in [5.74, 6) is -0.752. The van der Waals surface area contributed by atoms with E-state index in [1.807, 2.05) is 0 Å². The second-order valence-corrected chi connectivity index (χ2v) is 4.40. The zero-order valence-electron chi connectivity index (χ0n) is 11.0. The lowest BCUT2D eigenvalue weighted by Gasteiger charge is -2.16. The topological polar surface area (TPSA) is 35.5 Å². The molecule has 2 atom stereocenters. The highest BCUT2D eigenvalue weighted by atomic mass is 19.4. The van der Waals surface area contributed by atoms with Gasteiger partial charge in [0.2, 0.25) is 0 Å². The van der Waals surface area contributed by atoms with Crippen molar-refractivity contribution < 1.29 is 27.4 Å². The van der Waals surface area contributed by atoms with E-state index in [2.05, 4.69) is 11.7 Å². The van der Waals surface area contributed by atoms with Crippen molar-refractivity contribution in [2.75, 3.05) is 6.61 Å². The summed E-state index contributed by atoms with van der Waals surface area (Å²) in [5.41, 5.74) is 0. The molecule has 2 unspecified atom stereocenters. The van der Waals surface area contributed by atoms with E-state index in [4.69, 9.17) is 4.74 Å². The number of carbonyl (C=O) groups excluding carboxylic acids is 1. The van der Waals surface area contributed by atoms with Crippen LogP contribution in [0.2, 0.25) is 0 Å². The first-order chi connectivity index (χ1) is 8.26. The van der Waals surface area contributed by atoms with Crippen molar-refractivity contribution in [3.05, 3.63) is 0 Å². The smallest absolute Gasteiger partial charge is 0.463 e. The molecule has 0 rings (SSSR count). The molecule has 0 fully saturated rings. The Balaban J connectivity index is 3.81. The van der Waals surface area contributed by atoms with Crippen LogP contribution in [0.1, 0.15) is 46.5 Å². The van der Waals surface area contributed by atoms with Gasteiger partial charge in [-0.3, -0.25) is 9.53 Å². The highest BCUT2D eigenvalue weighted by molar-refractivity contribution is 5.71. The minimum atomic E-state index is -4.70. The Labute approximate surface area is 106 Å². The molecule has 0 aromatic heterocycles. The van der Waals surface area contributed by atoms with Gasteiger partial charge in [-0.15, -0.1) is 13.2 Å². The van der Waals surface area contributed by atoms with E-state index >= 15 is 0 Å². The first kappa shape index (κ1) is 17.2. The van der Waals surface area contributed by atoms with Crippen molar-refractivity contribution in [3.8, 4) is 0 Å². The molecular weight excluding hydrogens is 249 g/mol.